The molecule has 1 aromatic heterocycles. The van der Waals surface area contributed by atoms with Crippen LogP contribution >= 0.6 is 0 Å². The van der Waals surface area contributed by atoms with E-state index in [1.54, 1.807) is 0 Å². The van der Waals surface area contributed by atoms with E-state index in [0.717, 1.165) is 23.5 Å². The molecule has 0 saturated heterocycles. The summed E-state index contributed by atoms with van der Waals surface area (Å²) in [5, 5.41) is 0.650. The number of nitrogens with one attached hydrogen (secondary N) is 1. The van der Waals surface area contributed by atoms with E-state index in [2.05, 4.69) is 9.97 Å². The van der Waals surface area contributed by atoms with Crippen molar-refractivity contribution in [2.45, 2.75) is 19.8 Å². The van der Waals surface area contributed by atoms with Crippen LogP contribution in [0.3, 0.4) is 0 Å². The fourth-order valence-corrected chi connectivity index (χ4v) is 2.73. The molecule has 116 valence electrons. The molecule has 4 nitrogen and oxygen atoms in total. The van der Waals surface area contributed by atoms with E-state index in [1.165, 1.54) is 12.8 Å². The third-order valence-electron chi connectivity index (χ3n) is 4.23. The maximum Gasteiger partial charge on any atom is 0.259 e. The van der Waals surface area contributed by atoms with Gasteiger partial charge in [0.2, 0.25) is 0 Å². The van der Waals surface area contributed by atoms with Crippen LogP contribution in [-0.2, 0) is 0 Å². The van der Waals surface area contributed by atoms with E-state index >= 15 is 0 Å². The summed E-state index contributed by atoms with van der Waals surface area (Å²) in [6.45, 7) is 2.69. The minimum Gasteiger partial charge on any atom is -0.493 e. The summed E-state index contributed by atoms with van der Waals surface area (Å²) < 4.78 is 5.81. The summed E-state index contributed by atoms with van der Waals surface area (Å²) in [4.78, 5) is 19.9. The summed E-state index contributed by atoms with van der Waals surface area (Å²) in [7, 11) is 0. The number of aromatic amines is 1. The van der Waals surface area contributed by atoms with Crippen LogP contribution in [0.15, 0.2) is 47.3 Å². The summed E-state index contributed by atoms with van der Waals surface area (Å²) in [5.41, 5.74) is 2.41. The Kier molecular flexibility index (Phi) is 3.37. The van der Waals surface area contributed by atoms with E-state index in [-0.39, 0.29) is 5.56 Å². The number of hydrogen-bond acceptors (Lipinski definition) is 3. The van der Waals surface area contributed by atoms with Gasteiger partial charge in [-0.3, -0.25) is 4.79 Å². The molecule has 0 amide bonds. The number of rotatable bonds is 4. The molecule has 1 fully saturated rings. The molecule has 4 heteroatoms. The van der Waals surface area contributed by atoms with Crippen molar-refractivity contribution in [3.05, 3.63) is 58.4 Å². The highest BCUT2D eigenvalue weighted by Gasteiger charge is 2.21. The van der Waals surface area contributed by atoms with Gasteiger partial charge in [0.25, 0.3) is 5.56 Å². The van der Waals surface area contributed by atoms with Crippen molar-refractivity contribution in [1.29, 1.82) is 0 Å². The molecule has 1 aliphatic rings. The molecule has 0 atom stereocenters. The molecule has 1 N–H and O–H groups in total. The zero-order valence-electron chi connectivity index (χ0n) is 13.0. The van der Waals surface area contributed by atoms with Crippen molar-refractivity contribution >= 4 is 10.9 Å². The number of aromatic nitrogens is 2. The Morgan fingerprint density at radius 3 is 2.87 bits per heavy atom. The lowest BCUT2D eigenvalue weighted by molar-refractivity contribution is 0.300. The van der Waals surface area contributed by atoms with Gasteiger partial charge in [-0.2, -0.15) is 0 Å². The molecule has 0 spiro atoms. The van der Waals surface area contributed by atoms with Crippen LogP contribution in [0.4, 0.5) is 0 Å². The molecule has 3 aromatic rings. The van der Waals surface area contributed by atoms with Crippen LogP contribution in [0.1, 0.15) is 18.4 Å². The highest BCUT2D eigenvalue weighted by Crippen LogP contribution is 2.30. The molecular formula is C19H18N2O2. The third-order valence-corrected chi connectivity index (χ3v) is 4.23. The molecule has 4 rings (SSSR count). The first kappa shape index (κ1) is 14.0. The van der Waals surface area contributed by atoms with Crippen molar-refractivity contribution in [1.82, 2.24) is 9.97 Å². The first-order chi connectivity index (χ1) is 11.2. The molecule has 2 aromatic carbocycles. The van der Waals surface area contributed by atoms with Gasteiger partial charge in [0.15, 0.2) is 0 Å². The maximum atomic E-state index is 12.4. The van der Waals surface area contributed by atoms with Crippen LogP contribution < -0.4 is 10.3 Å². The van der Waals surface area contributed by atoms with Crippen LogP contribution in [0.25, 0.3) is 22.3 Å². The average Bonchev–Trinajstić information content (AvgIpc) is 3.37. The number of nitrogens with zero attached hydrogens (tertiary/aromatic N) is 1. The fraction of sp³-hybridized carbons (Fsp3) is 0.263. The van der Waals surface area contributed by atoms with Gasteiger partial charge in [-0.1, -0.05) is 24.3 Å². The van der Waals surface area contributed by atoms with E-state index in [4.69, 9.17) is 4.74 Å². The van der Waals surface area contributed by atoms with Gasteiger partial charge >= 0.3 is 0 Å². The topological polar surface area (TPSA) is 55.0 Å². The maximum absolute atomic E-state index is 12.4. The highest BCUT2D eigenvalue weighted by atomic mass is 16.5. The second kappa shape index (κ2) is 5.54. The quantitative estimate of drug-likeness (QED) is 0.800. The normalized spacial score (nSPS) is 14.1. The molecule has 1 saturated carbocycles. The first-order valence-corrected chi connectivity index (χ1v) is 7.93. The molecular weight excluding hydrogens is 288 g/mol. The molecule has 0 radical (unpaired) electrons. The molecule has 0 aliphatic heterocycles. The predicted molar refractivity (Wildman–Crippen MR) is 90.8 cm³/mol. The summed E-state index contributed by atoms with van der Waals surface area (Å²) >= 11 is 0. The minimum atomic E-state index is -0.104. The first-order valence-electron chi connectivity index (χ1n) is 7.93. The fourth-order valence-electron chi connectivity index (χ4n) is 2.73. The Hall–Kier alpha value is -2.62. The van der Waals surface area contributed by atoms with Crippen molar-refractivity contribution in [3.63, 3.8) is 0 Å². The van der Waals surface area contributed by atoms with Crippen molar-refractivity contribution in [3.8, 4) is 17.1 Å². The van der Waals surface area contributed by atoms with Crippen molar-refractivity contribution in [2.24, 2.45) is 5.92 Å². The second-order valence-corrected chi connectivity index (χ2v) is 6.17. The van der Waals surface area contributed by atoms with Crippen LogP contribution in [0.2, 0.25) is 0 Å². The Morgan fingerprint density at radius 2 is 2.04 bits per heavy atom. The minimum absolute atomic E-state index is 0.104. The van der Waals surface area contributed by atoms with Crippen molar-refractivity contribution in [2.75, 3.05) is 6.61 Å². The Balaban J connectivity index is 1.73. The Morgan fingerprint density at radius 1 is 1.22 bits per heavy atom. The molecule has 1 heterocycles. The van der Waals surface area contributed by atoms with Gasteiger partial charge in [0, 0.05) is 5.56 Å². The predicted octanol–water partition coefficient (Wildman–Crippen LogP) is 3.69. The van der Waals surface area contributed by atoms with Gasteiger partial charge in [-0.25, -0.2) is 4.98 Å². The smallest absolute Gasteiger partial charge is 0.259 e. The number of H-pyrrole nitrogens is 1. The van der Waals surface area contributed by atoms with Gasteiger partial charge in [-0.05, 0) is 49.4 Å². The van der Waals surface area contributed by atoms with Gasteiger partial charge in [0.1, 0.15) is 11.6 Å². The SMILES string of the molecule is Cc1cccc2nc(-c3cccc(OCC4CC4)c3)[nH]c(=O)c12. The van der Waals surface area contributed by atoms with Gasteiger partial charge in [-0.15, -0.1) is 0 Å². The monoisotopic (exact) mass is 306 g/mol. The standard InChI is InChI=1S/C19H18N2O2/c1-12-4-2-7-16-17(12)19(22)21-18(20-16)14-5-3-6-15(10-14)23-11-13-8-9-13/h2-7,10,13H,8-9,11H2,1H3,(H,20,21,22). The molecule has 1 aliphatic carbocycles. The number of benzene rings is 2. The Bertz CT molecular complexity index is 926. The lowest BCUT2D eigenvalue weighted by Crippen LogP contribution is -2.10. The number of hydrogen-bond donors (Lipinski definition) is 1. The summed E-state index contributed by atoms with van der Waals surface area (Å²) in [6.07, 6.45) is 2.52. The lowest BCUT2D eigenvalue weighted by Gasteiger charge is -2.08. The zero-order chi connectivity index (χ0) is 15.8. The van der Waals surface area contributed by atoms with Crippen molar-refractivity contribution < 1.29 is 4.74 Å². The van der Waals surface area contributed by atoms with Gasteiger partial charge < -0.3 is 9.72 Å². The highest BCUT2D eigenvalue weighted by molar-refractivity contribution is 5.82. The van der Waals surface area contributed by atoms with E-state index in [0.29, 0.717) is 22.6 Å². The second-order valence-electron chi connectivity index (χ2n) is 6.17. The van der Waals surface area contributed by atoms with E-state index in [1.807, 2.05) is 49.4 Å². The summed E-state index contributed by atoms with van der Waals surface area (Å²) in [6, 6.07) is 13.4. The molecule has 0 bridgehead atoms. The van der Waals surface area contributed by atoms with Crippen LogP contribution in [0, 0.1) is 12.8 Å². The number of fused-ring (bicyclic) bond motifs is 1. The zero-order valence-corrected chi connectivity index (χ0v) is 13.0. The summed E-state index contributed by atoms with van der Waals surface area (Å²) in [5.74, 6) is 2.10. The third kappa shape index (κ3) is 2.84. The average molecular weight is 306 g/mol. The van der Waals surface area contributed by atoms with Crippen LogP contribution in [0.5, 0.6) is 5.75 Å². The number of ether oxygens (including phenoxy) is 1. The van der Waals surface area contributed by atoms with E-state index < -0.39 is 0 Å². The molecule has 23 heavy (non-hydrogen) atoms. The van der Waals surface area contributed by atoms with Gasteiger partial charge in [0.05, 0.1) is 17.5 Å². The Labute approximate surface area is 134 Å². The largest absolute Gasteiger partial charge is 0.493 e. The number of aryl methyl sites for hydroxylation is 1. The molecule has 0 unspecified atom stereocenters. The van der Waals surface area contributed by atoms with E-state index in [9.17, 15) is 4.79 Å². The lowest BCUT2D eigenvalue weighted by atomic mass is 10.1. The van der Waals surface area contributed by atoms with Crippen LogP contribution in [-0.4, -0.2) is 16.6 Å².